The molecular formula is C50H48Cl2SiZr-2. The standard InChI is InChI=1S/2C24H21.C2H6Si.2ClH.Zr/c2*1-17(2)20-15-19-11-8-14-23(24(19)16-20)22-13-7-6-12-21(22)18-9-4-3-5-10-18;1-3-2;;;/h2*3-17H,1-2H3;1-2H3;2*1H;/q2*-1;;;;+2/p-2. The molecule has 0 N–H and O–H groups in total. The molecule has 0 unspecified atom stereocenters. The van der Waals surface area contributed by atoms with Crippen molar-refractivity contribution >= 4 is 44.0 Å². The van der Waals surface area contributed by atoms with Crippen LogP contribution in [0.1, 0.15) is 50.7 Å². The molecule has 0 amide bonds. The van der Waals surface area contributed by atoms with Gasteiger partial charge in [0.05, 0.1) is 0 Å². The second-order valence-electron chi connectivity index (χ2n) is 14.6. The van der Waals surface area contributed by atoms with E-state index in [0.29, 0.717) is 11.8 Å². The van der Waals surface area contributed by atoms with Crippen LogP contribution >= 0.6 is 17.0 Å². The molecule has 0 nitrogen and oxygen atoms in total. The SMILES string of the molecule is CC(C)c1cc2c(-c3ccccc3-c3ccccc3)cccc2[cH-]1.CC(C)c1cc2c(-c3ccccc3-c3ccccc3)cccc2[cH-]1.C[Si](C)=[Zr]([Cl])[Cl]. The Morgan fingerprint density at radius 2 is 0.741 bits per heavy atom. The Labute approximate surface area is 337 Å². The van der Waals surface area contributed by atoms with Crippen molar-refractivity contribution in [1.82, 2.24) is 0 Å². The minimum atomic E-state index is -1.65. The number of hydrogen-bond donors (Lipinski definition) is 0. The first-order valence-electron chi connectivity index (χ1n) is 18.8. The maximum atomic E-state index is 5.62. The molecule has 0 heterocycles. The van der Waals surface area contributed by atoms with Gasteiger partial charge in [0, 0.05) is 0 Å². The Morgan fingerprint density at radius 3 is 1.07 bits per heavy atom. The molecule has 272 valence electrons. The van der Waals surface area contributed by atoms with Gasteiger partial charge in [0.1, 0.15) is 0 Å². The van der Waals surface area contributed by atoms with Crippen LogP contribution in [0.4, 0.5) is 0 Å². The summed E-state index contributed by atoms with van der Waals surface area (Å²) in [5, 5.41) is 5.37. The normalized spacial score (nSPS) is 10.9. The molecule has 54 heavy (non-hydrogen) atoms. The molecular weight excluding hydrogens is 791 g/mol. The monoisotopic (exact) mass is 836 g/mol. The predicted molar refractivity (Wildman–Crippen MR) is 238 cm³/mol. The van der Waals surface area contributed by atoms with Gasteiger partial charge in [0.2, 0.25) is 0 Å². The van der Waals surface area contributed by atoms with E-state index in [2.05, 4.69) is 211 Å². The molecule has 4 heteroatoms. The van der Waals surface area contributed by atoms with Crippen LogP contribution in [0.25, 0.3) is 66.1 Å². The fourth-order valence-electron chi connectivity index (χ4n) is 6.83. The van der Waals surface area contributed by atoms with Gasteiger partial charge in [-0.3, -0.25) is 0 Å². The number of hydrogen-bond acceptors (Lipinski definition) is 0. The van der Waals surface area contributed by atoms with Gasteiger partial charge in [-0.05, 0) is 45.2 Å². The van der Waals surface area contributed by atoms with Gasteiger partial charge in [0.25, 0.3) is 0 Å². The van der Waals surface area contributed by atoms with Crippen molar-refractivity contribution in [1.29, 1.82) is 0 Å². The second-order valence-corrected chi connectivity index (χ2v) is 37.6. The van der Waals surface area contributed by atoms with Crippen molar-refractivity contribution in [3.8, 4) is 44.5 Å². The van der Waals surface area contributed by atoms with Gasteiger partial charge < -0.3 is 0 Å². The Morgan fingerprint density at radius 1 is 0.426 bits per heavy atom. The zero-order valence-electron chi connectivity index (χ0n) is 32.1. The maximum absolute atomic E-state index is 5.62. The van der Waals surface area contributed by atoms with Gasteiger partial charge >= 0.3 is 53.5 Å². The van der Waals surface area contributed by atoms with E-state index in [1.807, 2.05) is 0 Å². The third-order valence-electron chi connectivity index (χ3n) is 9.86. The molecule has 0 saturated heterocycles. The zero-order chi connectivity index (χ0) is 38.2. The van der Waals surface area contributed by atoms with Crippen molar-refractivity contribution in [2.24, 2.45) is 0 Å². The van der Waals surface area contributed by atoms with E-state index in [-0.39, 0.29) is 5.43 Å². The van der Waals surface area contributed by atoms with Gasteiger partial charge in [0.15, 0.2) is 0 Å². The van der Waals surface area contributed by atoms with E-state index in [0.717, 1.165) is 0 Å². The summed E-state index contributed by atoms with van der Waals surface area (Å²) in [7, 11) is 11.2. The molecule has 0 spiro atoms. The number of fused-ring (bicyclic) bond motifs is 2. The predicted octanol–water partition coefficient (Wildman–Crippen LogP) is 16.2. The molecule has 0 atom stereocenters. The molecule has 0 aliphatic heterocycles. The quantitative estimate of drug-likeness (QED) is 0.116. The molecule has 8 aromatic rings. The van der Waals surface area contributed by atoms with E-state index in [1.54, 1.807) is 0 Å². The molecule has 0 fully saturated rings. The fraction of sp³-hybridized carbons (Fsp3) is 0.160. The number of benzene rings is 6. The van der Waals surface area contributed by atoms with Gasteiger partial charge in [-0.15, -0.1) is 69.1 Å². The molecule has 0 saturated carbocycles. The first-order chi connectivity index (χ1) is 26.1. The Bertz CT molecular complexity index is 2300. The molecule has 8 rings (SSSR count). The van der Waals surface area contributed by atoms with E-state index in [4.69, 9.17) is 17.0 Å². The van der Waals surface area contributed by atoms with Crippen LogP contribution in [-0.4, -0.2) is 5.43 Å². The first-order valence-corrected chi connectivity index (χ1v) is 31.3. The van der Waals surface area contributed by atoms with E-state index in [9.17, 15) is 0 Å². The van der Waals surface area contributed by atoms with Crippen molar-refractivity contribution in [2.45, 2.75) is 52.6 Å². The fourth-order valence-corrected chi connectivity index (χ4v) is 6.83. The van der Waals surface area contributed by atoms with Crippen molar-refractivity contribution in [3.63, 3.8) is 0 Å². The third-order valence-corrected chi connectivity index (χ3v) is 29.6. The summed E-state index contributed by atoms with van der Waals surface area (Å²) in [6.07, 6.45) is 0. The van der Waals surface area contributed by atoms with Crippen molar-refractivity contribution in [3.05, 3.63) is 181 Å². The summed E-state index contributed by atoms with van der Waals surface area (Å²) < 4.78 is 0. The summed E-state index contributed by atoms with van der Waals surface area (Å²) in [5.74, 6) is 1.10. The second kappa shape index (κ2) is 18.7. The van der Waals surface area contributed by atoms with Crippen molar-refractivity contribution < 1.29 is 18.0 Å². The van der Waals surface area contributed by atoms with Crippen LogP contribution in [-0.2, 0) is 18.0 Å². The van der Waals surface area contributed by atoms with Crippen LogP contribution in [0.2, 0.25) is 13.1 Å². The van der Waals surface area contributed by atoms with E-state index < -0.39 is 18.0 Å². The number of halogens is 2. The van der Waals surface area contributed by atoms with Crippen LogP contribution in [0, 0.1) is 0 Å². The summed E-state index contributed by atoms with van der Waals surface area (Å²) >= 11 is -1.65. The van der Waals surface area contributed by atoms with Gasteiger partial charge in [-0.25, -0.2) is 0 Å². The zero-order valence-corrected chi connectivity index (χ0v) is 37.0. The summed E-state index contributed by atoms with van der Waals surface area (Å²) in [4.78, 5) is 0. The Hall–Kier alpha value is -3.78. The summed E-state index contributed by atoms with van der Waals surface area (Å²) in [5.41, 5.74) is 12.9. The van der Waals surface area contributed by atoms with Gasteiger partial charge in [-0.1, -0.05) is 160 Å². The first kappa shape index (κ1) is 39.9. The topological polar surface area (TPSA) is 0 Å². The molecule has 0 aromatic heterocycles. The minimum absolute atomic E-state index is 0.224. The van der Waals surface area contributed by atoms with E-state index >= 15 is 0 Å². The molecule has 0 radical (unpaired) electrons. The Kier molecular flexibility index (Phi) is 13.8. The number of rotatable bonds is 6. The Balaban J connectivity index is 0.000000160. The van der Waals surface area contributed by atoms with Crippen LogP contribution in [0.15, 0.2) is 170 Å². The summed E-state index contributed by atoms with van der Waals surface area (Å²) in [6, 6.07) is 61.3. The van der Waals surface area contributed by atoms with Crippen LogP contribution in [0.5, 0.6) is 0 Å². The molecule has 0 bridgehead atoms. The molecule has 0 aliphatic carbocycles. The van der Waals surface area contributed by atoms with Crippen LogP contribution in [0.3, 0.4) is 0 Å². The van der Waals surface area contributed by atoms with E-state index in [1.165, 1.54) is 77.2 Å². The van der Waals surface area contributed by atoms with Crippen LogP contribution < -0.4 is 0 Å². The third kappa shape index (κ3) is 9.53. The average Bonchev–Trinajstić information content (AvgIpc) is 3.85. The molecule has 0 aliphatic rings. The van der Waals surface area contributed by atoms with Crippen molar-refractivity contribution in [2.75, 3.05) is 0 Å². The summed E-state index contributed by atoms with van der Waals surface area (Å²) in [6.45, 7) is 13.4. The average molecular weight is 839 g/mol. The molecule has 8 aromatic carbocycles. The van der Waals surface area contributed by atoms with Gasteiger partial charge in [-0.2, -0.15) is 12.1 Å².